The lowest BCUT2D eigenvalue weighted by molar-refractivity contribution is -0.132. The van der Waals surface area contributed by atoms with Gasteiger partial charge in [-0.1, -0.05) is 31.2 Å². The fourth-order valence-electron chi connectivity index (χ4n) is 3.85. The Labute approximate surface area is 160 Å². The zero-order chi connectivity index (χ0) is 18.8. The van der Waals surface area contributed by atoms with Crippen LogP contribution in [-0.2, 0) is 17.8 Å². The number of anilines is 1. The summed E-state index contributed by atoms with van der Waals surface area (Å²) in [7, 11) is 0. The predicted octanol–water partition coefficient (Wildman–Crippen LogP) is 3.26. The molecule has 0 atom stereocenters. The molecule has 1 aromatic heterocycles. The second kappa shape index (κ2) is 7.43. The first kappa shape index (κ1) is 17.6. The Hall–Kier alpha value is -2.82. The highest BCUT2D eigenvalue weighted by molar-refractivity contribution is 5.81. The van der Waals surface area contributed by atoms with Crippen molar-refractivity contribution in [3.8, 4) is 0 Å². The molecule has 5 nitrogen and oxygen atoms in total. The average molecular weight is 362 g/mol. The molecule has 1 aliphatic rings. The van der Waals surface area contributed by atoms with Gasteiger partial charge in [0.2, 0.25) is 5.91 Å². The summed E-state index contributed by atoms with van der Waals surface area (Å²) < 4.78 is 2.07. The molecule has 4 rings (SSSR count). The van der Waals surface area contributed by atoms with Crippen molar-refractivity contribution in [1.29, 1.82) is 0 Å². The highest BCUT2D eigenvalue weighted by Crippen LogP contribution is 2.19. The fourth-order valence-corrected chi connectivity index (χ4v) is 3.85. The Morgan fingerprint density at radius 1 is 1.04 bits per heavy atom. The smallest absolute Gasteiger partial charge is 0.242 e. The maximum absolute atomic E-state index is 12.9. The van der Waals surface area contributed by atoms with Gasteiger partial charge in [-0.3, -0.25) is 4.79 Å². The summed E-state index contributed by atoms with van der Waals surface area (Å²) >= 11 is 0. The minimum Gasteiger partial charge on any atom is -0.368 e. The number of amides is 1. The number of para-hydroxylation sites is 2. The van der Waals surface area contributed by atoms with Crippen molar-refractivity contribution in [1.82, 2.24) is 14.5 Å². The fraction of sp³-hybridized carbons (Fsp3) is 0.364. The molecule has 1 fully saturated rings. The first-order valence-corrected chi connectivity index (χ1v) is 9.69. The molecular formula is C22H26N4O. The highest BCUT2D eigenvalue weighted by atomic mass is 16.2. The molecule has 0 spiro atoms. The zero-order valence-electron chi connectivity index (χ0n) is 16.1. The Bertz CT molecular complexity index is 954. The van der Waals surface area contributed by atoms with E-state index in [9.17, 15) is 4.79 Å². The molecule has 0 aliphatic carbocycles. The number of aromatic nitrogens is 2. The van der Waals surface area contributed by atoms with Crippen LogP contribution in [0.25, 0.3) is 11.0 Å². The van der Waals surface area contributed by atoms with Crippen molar-refractivity contribution in [2.75, 3.05) is 31.1 Å². The molecule has 0 unspecified atom stereocenters. The summed E-state index contributed by atoms with van der Waals surface area (Å²) in [4.78, 5) is 22.0. The van der Waals surface area contributed by atoms with Gasteiger partial charge in [-0.05, 0) is 36.8 Å². The maximum Gasteiger partial charge on any atom is 0.242 e. The normalized spacial score (nSPS) is 14.7. The molecule has 1 aliphatic heterocycles. The van der Waals surface area contributed by atoms with Gasteiger partial charge in [0.15, 0.2) is 0 Å². The molecule has 0 saturated carbocycles. The van der Waals surface area contributed by atoms with Gasteiger partial charge in [0.05, 0.1) is 11.0 Å². The van der Waals surface area contributed by atoms with E-state index in [1.807, 2.05) is 29.2 Å². The number of piperazine rings is 1. The van der Waals surface area contributed by atoms with E-state index in [-0.39, 0.29) is 5.91 Å². The third kappa shape index (κ3) is 3.54. The lowest BCUT2D eigenvalue weighted by atomic mass is 10.2. The predicted molar refractivity (Wildman–Crippen MR) is 109 cm³/mol. The van der Waals surface area contributed by atoms with E-state index in [4.69, 9.17) is 0 Å². The third-order valence-corrected chi connectivity index (χ3v) is 5.34. The quantitative estimate of drug-likeness (QED) is 0.715. The second-order valence-electron chi connectivity index (χ2n) is 7.16. The third-order valence-electron chi connectivity index (χ3n) is 5.34. The van der Waals surface area contributed by atoms with Crippen LogP contribution in [0, 0.1) is 6.92 Å². The van der Waals surface area contributed by atoms with Gasteiger partial charge in [-0.15, -0.1) is 0 Å². The van der Waals surface area contributed by atoms with E-state index >= 15 is 0 Å². The number of carbonyl (C=O) groups excluding carboxylic acids is 1. The number of aryl methyl sites for hydroxylation is 2. The first-order valence-electron chi connectivity index (χ1n) is 9.69. The van der Waals surface area contributed by atoms with Crippen LogP contribution >= 0.6 is 0 Å². The maximum atomic E-state index is 12.9. The van der Waals surface area contributed by atoms with Gasteiger partial charge < -0.3 is 14.4 Å². The van der Waals surface area contributed by atoms with Crippen molar-refractivity contribution in [3.63, 3.8) is 0 Å². The lowest BCUT2D eigenvalue weighted by Gasteiger charge is -2.36. The van der Waals surface area contributed by atoms with Gasteiger partial charge >= 0.3 is 0 Å². The van der Waals surface area contributed by atoms with Crippen LogP contribution in [0.3, 0.4) is 0 Å². The number of nitrogens with zero attached hydrogens (tertiary/aromatic N) is 4. The van der Waals surface area contributed by atoms with E-state index in [2.05, 4.69) is 52.6 Å². The molecule has 0 N–H and O–H groups in total. The van der Waals surface area contributed by atoms with Gasteiger partial charge in [0.1, 0.15) is 12.4 Å². The van der Waals surface area contributed by atoms with Crippen LogP contribution < -0.4 is 4.90 Å². The van der Waals surface area contributed by atoms with Crippen LogP contribution in [0.4, 0.5) is 5.69 Å². The van der Waals surface area contributed by atoms with Crippen molar-refractivity contribution >= 4 is 22.6 Å². The number of hydrogen-bond donors (Lipinski definition) is 0. The standard InChI is InChI=1S/C22H26N4O/c1-3-21-23-19-9-4-5-10-20(19)26(21)16-22(27)25-13-11-24(12-14-25)18-8-6-7-17(2)15-18/h4-10,15H,3,11-14,16H2,1-2H3. The Morgan fingerprint density at radius 3 is 2.56 bits per heavy atom. The molecule has 0 bridgehead atoms. The summed E-state index contributed by atoms with van der Waals surface area (Å²) in [5.74, 6) is 1.15. The van der Waals surface area contributed by atoms with Crippen LogP contribution in [-0.4, -0.2) is 46.5 Å². The summed E-state index contributed by atoms with van der Waals surface area (Å²) in [5, 5.41) is 0. The molecule has 0 radical (unpaired) electrons. The van der Waals surface area contributed by atoms with E-state index in [0.717, 1.165) is 49.5 Å². The summed E-state index contributed by atoms with van der Waals surface area (Å²) in [6.45, 7) is 7.85. The van der Waals surface area contributed by atoms with E-state index in [1.165, 1.54) is 11.3 Å². The average Bonchev–Trinajstić information content (AvgIpc) is 3.06. The SMILES string of the molecule is CCc1nc2ccccc2n1CC(=O)N1CCN(c2cccc(C)c2)CC1. The topological polar surface area (TPSA) is 41.4 Å². The molecule has 27 heavy (non-hydrogen) atoms. The molecular weight excluding hydrogens is 336 g/mol. The van der Waals surface area contributed by atoms with E-state index in [0.29, 0.717) is 6.54 Å². The van der Waals surface area contributed by atoms with Crippen LogP contribution in [0.1, 0.15) is 18.3 Å². The van der Waals surface area contributed by atoms with Gasteiger partial charge in [-0.2, -0.15) is 0 Å². The van der Waals surface area contributed by atoms with Crippen LogP contribution in [0.5, 0.6) is 0 Å². The number of benzene rings is 2. The van der Waals surface area contributed by atoms with Crippen molar-refractivity contribution in [2.24, 2.45) is 0 Å². The molecule has 2 heterocycles. The Kier molecular flexibility index (Phi) is 4.84. The monoisotopic (exact) mass is 362 g/mol. The van der Waals surface area contributed by atoms with E-state index < -0.39 is 0 Å². The van der Waals surface area contributed by atoms with Crippen molar-refractivity contribution in [2.45, 2.75) is 26.8 Å². The molecule has 5 heteroatoms. The molecule has 1 saturated heterocycles. The molecule has 3 aromatic rings. The van der Waals surface area contributed by atoms with E-state index in [1.54, 1.807) is 0 Å². The second-order valence-corrected chi connectivity index (χ2v) is 7.16. The number of carbonyl (C=O) groups is 1. The first-order chi connectivity index (χ1) is 13.2. The molecule has 2 aromatic carbocycles. The summed E-state index contributed by atoms with van der Waals surface area (Å²) in [5.41, 5.74) is 4.52. The highest BCUT2D eigenvalue weighted by Gasteiger charge is 2.22. The Balaban J connectivity index is 1.45. The number of hydrogen-bond acceptors (Lipinski definition) is 3. The number of imidazole rings is 1. The molecule has 1 amide bonds. The number of rotatable bonds is 4. The zero-order valence-corrected chi connectivity index (χ0v) is 16.1. The number of fused-ring (bicyclic) bond motifs is 1. The minimum atomic E-state index is 0.178. The summed E-state index contributed by atoms with van der Waals surface area (Å²) in [6, 6.07) is 16.6. The van der Waals surface area contributed by atoms with Gasteiger partial charge in [0, 0.05) is 38.3 Å². The largest absolute Gasteiger partial charge is 0.368 e. The minimum absolute atomic E-state index is 0.178. The van der Waals surface area contributed by atoms with Gasteiger partial charge in [0.25, 0.3) is 0 Å². The van der Waals surface area contributed by atoms with Crippen LogP contribution in [0.2, 0.25) is 0 Å². The van der Waals surface area contributed by atoms with Crippen LogP contribution in [0.15, 0.2) is 48.5 Å². The molecule has 140 valence electrons. The van der Waals surface area contributed by atoms with Crippen molar-refractivity contribution < 1.29 is 4.79 Å². The Morgan fingerprint density at radius 2 is 1.81 bits per heavy atom. The van der Waals surface area contributed by atoms with Crippen molar-refractivity contribution in [3.05, 3.63) is 59.9 Å². The summed E-state index contributed by atoms with van der Waals surface area (Å²) in [6.07, 6.45) is 0.823. The van der Waals surface area contributed by atoms with Gasteiger partial charge in [-0.25, -0.2) is 4.98 Å². The lowest BCUT2D eigenvalue weighted by Crippen LogP contribution is -2.49.